The van der Waals surface area contributed by atoms with Crippen LogP contribution >= 0.6 is 0 Å². The summed E-state index contributed by atoms with van der Waals surface area (Å²) in [6.45, 7) is 8.16. The molecule has 1 unspecified atom stereocenters. The van der Waals surface area contributed by atoms with E-state index >= 15 is 0 Å². The summed E-state index contributed by atoms with van der Waals surface area (Å²) in [5, 5.41) is 15.9. The van der Waals surface area contributed by atoms with Gasteiger partial charge in [0.05, 0.1) is 11.4 Å². The van der Waals surface area contributed by atoms with E-state index in [1.165, 1.54) is 5.56 Å². The van der Waals surface area contributed by atoms with Crippen LogP contribution in [0.5, 0.6) is 0 Å². The summed E-state index contributed by atoms with van der Waals surface area (Å²) in [6, 6.07) is 2.55. The van der Waals surface area contributed by atoms with E-state index in [0.717, 1.165) is 23.6 Å². The van der Waals surface area contributed by atoms with Crippen LogP contribution in [-0.2, 0) is 6.42 Å². The van der Waals surface area contributed by atoms with Gasteiger partial charge in [-0.3, -0.25) is 0 Å². The lowest BCUT2D eigenvalue weighted by Crippen LogP contribution is -2.23. The maximum Gasteiger partial charge on any atom is 0.138 e. The summed E-state index contributed by atoms with van der Waals surface area (Å²) < 4.78 is 1.96. The number of hydrogen-bond acceptors (Lipinski definition) is 5. The lowest BCUT2D eigenvalue weighted by Gasteiger charge is -2.19. The highest BCUT2D eigenvalue weighted by atomic mass is 15.3. The van der Waals surface area contributed by atoms with Gasteiger partial charge >= 0.3 is 0 Å². The van der Waals surface area contributed by atoms with Crippen molar-refractivity contribution in [2.75, 3.05) is 7.05 Å². The second-order valence-electron chi connectivity index (χ2n) is 5.29. The molecule has 0 aliphatic carbocycles. The van der Waals surface area contributed by atoms with Gasteiger partial charge in [0, 0.05) is 18.5 Å². The number of nitrogens with zero attached hydrogens (tertiary/aromatic N) is 5. The summed E-state index contributed by atoms with van der Waals surface area (Å²) in [6.07, 6.45) is 2.39. The molecule has 0 radical (unpaired) electrons. The molecule has 1 atom stereocenters. The Bertz CT molecular complexity index is 575. The number of nitrogens with one attached hydrogen (secondary N) is 1. The first kappa shape index (κ1) is 14.6. The van der Waals surface area contributed by atoms with Crippen molar-refractivity contribution in [3.05, 3.63) is 35.2 Å². The predicted octanol–water partition coefficient (Wildman–Crippen LogP) is 1.77. The van der Waals surface area contributed by atoms with E-state index in [1.807, 2.05) is 25.6 Å². The topological polar surface area (TPSA) is 68.5 Å². The summed E-state index contributed by atoms with van der Waals surface area (Å²) >= 11 is 0. The second kappa shape index (κ2) is 6.09. The van der Waals surface area contributed by atoms with Crippen LogP contribution in [0.25, 0.3) is 0 Å². The molecule has 20 heavy (non-hydrogen) atoms. The Hall–Kier alpha value is -1.82. The summed E-state index contributed by atoms with van der Waals surface area (Å²) in [4.78, 5) is 4.38. The van der Waals surface area contributed by atoms with Crippen molar-refractivity contribution < 1.29 is 0 Å². The molecule has 0 aliphatic rings. The van der Waals surface area contributed by atoms with Crippen molar-refractivity contribution >= 4 is 0 Å². The third kappa shape index (κ3) is 3.01. The molecule has 6 heteroatoms. The van der Waals surface area contributed by atoms with E-state index < -0.39 is 0 Å². The zero-order chi connectivity index (χ0) is 14.7. The Balaban J connectivity index is 2.29. The average molecular weight is 274 g/mol. The third-order valence-corrected chi connectivity index (χ3v) is 3.39. The number of rotatable bonds is 5. The van der Waals surface area contributed by atoms with Crippen molar-refractivity contribution in [3.63, 3.8) is 0 Å². The molecule has 0 bridgehead atoms. The number of aromatic nitrogens is 5. The second-order valence-corrected chi connectivity index (χ2v) is 5.29. The van der Waals surface area contributed by atoms with Gasteiger partial charge in [-0.05, 0) is 46.4 Å². The average Bonchev–Trinajstić information content (AvgIpc) is 2.87. The molecule has 2 aromatic rings. The smallest absolute Gasteiger partial charge is 0.138 e. The molecule has 108 valence electrons. The lowest BCUT2D eigenvalue weighted by atomic mass is 10.0. The Morgan fingerprint density at radius 2 is 2.00 bits per heavy atom. The van der Waals surface area contributed by atoms with E-state index in [9.17, 15) is 0 Å². The van der Waals surface area contributed by atoms with Crippen LogP contribution in [0.1, 0.15) is 48.7 Å². The molecule has 0 spiro atoms. The molecule has 1 N–H and O–H groups in total. The molecule has 2 heterocycles. The van der Waals surface area contributed by atoms with Crippen LogP contribution in [0.15, 0.2) is 12.4 Å². The van der Waals surface area contributed by atoms with Gasteiger partial charge in [-0.2, -0.15) is 15.3 Å². The minimum atomic E-state index is 0.158. The Labute approximate surface area is 119 Å². The lowest BCUT2D eigenvalue weighted by molar-refractivity contribution is 0.476. The summed E-state index contributed by atoms with van der Waals surface area (Å²) in [5.74, 6) is 0.980. The largest absolute Gasteiger partial charge is 0.313 e. The molecule has 0 saturated heterocycles. The molecule has 0 saturated carbocycles. The van der Waals surface area contributed by atoms with Crippen LogP contribution in [-0.4, -0.2) is 32.0 Å². The maximum atomic E-state index is 4.38. The highest BCUT2D eigenvalue weighted by Crippen LogP contribution is 2.20. The van der Waals surface area contributed by atoms with Crippen molar-refractivity contribution in [3.8, 4) is 0 Å². The minimum Gasteiger partial charge on any atom is -0.313 e. The Kier molecular flexibility index (Phi) is 4.44. The quantitative estimate of drug-likeness (QED) is 0.900. The van der Waals surface area contributed by atoms with Crippen LogP contribution in [0.3, 0.4) is 0 Å². The highest BCUT2D eigenvalue weighted by molar-refractivity contribution is 5.24. The monoisotopic (exact) mass is 274 g/mol. The Morgan fingerprint density at radius 1 is 1.25 bits per heavy atom. The van der Waals surface area contributed by atoms with Crippen LogP contribution < -0.4 is 5.32 Å². The van der Waals surface area contributed by atoms with E-state index in [0.29, 0.717) is 6.04 Å². The first-order chi connectivity index (χ1) is 9.52. The van der Waals surface area contributed by atoms with Crippen LogP contribution in [0.2, 0.25) is 0 Å². The SMILES string of the molecule is CNC(Cc1ncnn1C(C)C)c1cc(C)nnc1C. The van der Waals surface area contributed by atoms with Crippen molar-refractivity contribution in [1.82, 2.24) is 30.3 Å². The van der Waals surface area contributed by atoms with Gasteiger partial charge in [0.2, 0.25) is 0 Å². The molecule has 0 fully saturated rings. The van der Waals surface area contributed by atoms with Crippen molar-refractivity contribution in [2.45, 2.75) is 46.2 Å². The standard InChI is InChI=1S/C14H22N6/c1-9(2)20-14(16-8-17-20)7-13(15-5)12-6-10(3)18-19-11(12)4/h6,8-9,13,15H,7H2,1-5H3. The van der Waals surface area contributed by atoms with E-state index in [2.05, 4.69) is 45.5 Å². The molecule has 2 rings (SSSR count). The van der Waals surface area contributed by atoms with Crippen molar-refractivity contribution in [2.24, 2.45) is 0 Å². The zero-order valence-corrected chi connectivity index (χ0v) is 12.8. The summed E-state index contributed by atoms with van der Waals surface area (Å²) in [5.41, 5.74) is 3.04. The van der Waals surface area contributed by atoms with Gasteiger partial charge in [-0.15, -0.1) is 0 Å². The van der Waals surface area contributed by atoms with Gasteiger partial charge in [0.15, 0.2) is 0 Å². The molecule has 0 aliphatic heterocycles. The fourth-order valence-electron chi connectivity index (χ4n) is 2.32. The fraction of sp³-hybridized carbons (Fsp3) is 0.571. The van der Waals surface area contributed by atoms with Gasteiger partial charge in [0.1, 0.15) is 12.2 Å². The van der Waals surface area contributed by atoms with E-state index in [4.69, 9.17) is 0 Å². The van der Waals surface area contributed by atoms with Gasteiger partial charge < -0.3 is 5.32 Å². The molecule has 0 amide bonds. The predicted molar refractivity (Wildman–Crippen MR) is 77.4 cm³/mol. The number of hydrogen-bond donors (Lipinski definition) is 1. The molecular formula is C14H22N6. The van der Waals surface area contributed by atoms with Gasteiger partial charge in [0.25, 0.3) is 0 Å². The van der Waals surface area contributed by atoms with Crippen LogP contribution in [0.4, 0.5) is 0 Å². The first-order valence-electron chi connectivity index (χ1n) is 6.89. The highest BCUT2D eigenvalue weighted by Gasteiger charge is 2.18. The number of aryl methyl sites for hydroxylation is 2. The van der Waals surface area contributed by atoms with Gasteiger partial charge in [-0.25, -0.2) is 9.67 Å². The third-order valence-electron chi connectivity index (χ3n) is 3.39. The summed E-state index contributed by atoms with van der Waals surface area (Å²) in [7, 11) is 1.95. The number of likely N-dealkylation sites (N-methyl/N-ethyl adjacent to an activating group) is 1. The van der Waals surface area contributed by atoms with E-state index in [-0.39, 0.29) is 6.04 Å². The molecule has 6 nitrogen and oxygen atoms in total. The zero-order valence-electron chi connectivity index (χ0n) is 12.8. The fourth-order valence-corrected chi connectivity index (χ4v) is 2.32. The maximum absolute atomic E-state index is 4.38. The van der Waals surface area contributed by atoms with E-state index in [1.54, 1.807) is 6.33 Å². The molecule has 0 aromatic carbocycles. The Morgan fingerprint density at radius 3 is 2.65 bits per heavy atom. The van der Waals surface area contributed by atoms with Gasteiger partial charge in [-0.1, -0.05) is 0 Å². The molecular weight excluding hydrogens is 252 g/mol. The molecule has 2 aromatic heterocycles. The normalized spacial score (nSPS) is 12.9. The first-order valence-corrected chi connectivity index (χ1v) is 6.89. The van der Waals surface area contributed by atoms with Crippen molar-refractivity contribution in [1.29, 1.82) is 0 Å². The minimum absolute atomic E-state index is 0.158. The van der Waals surface area contributed by atoms with Crippen LogP contribution in [0, 0.1) is 13.8 Å².